The number of hydrogen-bond acceptors (Lipinski definition) is 3. The number of rotatable bonds is 4. The van der Waals surface area contributed by atoms with E-state index in [0.29, 0.717) is 16.9 Å². The lowest BCUT2D eigenvalue weighted by Crippen LogP contribution is -2.32. The summed E-state index contributed by atoms with van der Waals surface area (Å²) in [6.07, 6.45) is 0. The molecule has 2 atom stereocenters. The molecule has 0 spiro atoms. The van der Waals surface area contributed by atoms with Crippen molar-refractivity contribution >= 4 is 17.5 Å². The van der Waals surface area contributed by atoms with Crippen LogP contribution in [0.25, 0.3) is 5.76 Å². The number of carbonyl (C=O) groups is 2. The van der Waals surface area contributed by atoms with Crippen molar-refractivity contribution < 1.29 is 14.3 Å². The number of ketones is 1. The Labute approximate surface area is 164 Å². The molecule has 138 valence electrons. The zero-order valence-corrected chi connectivity index (χ0v) is 15.5. The van der Waals surface area contributed by atoms with Gasteiger partial charge in [0.1, 0.15) is 5.76 Å². The van der Waals surface area contributed by atoms with Crippen LogP contribution >= 0.6 is 0 Å². The summed E-state index contributed by atoms with van der Waals surface area (Å²) >= 11 is 0. The SMILES string of the molecule is CC1C(C(=O)c2ccccc2)=C(c2ccccc2)OC(=O)C1c1ccccc1. The predicted molar refractivity (Wildman–Crippen MR) is 109 cm³/mol. The monoisotopic (exact) mass is 368 g/mol. The second kappa shape index (κ2) is 7.65. The van der Waals surface area contributed by atoms with Crippen LogP contribution in [0.1, 0.15) is 34.3 Å². The summed E-state index contributed by atoms with van der Waals surface area (Å²) in [5.41, 5.74) is 2.70. The minimum atomic E-state index is -0.517. The third kappa shape index (κ3) is 3.27. The molecule has 0 aliphatic carbocycles. The Morgan fingerprint density at radius 1 is 0.786 bits per heavy atom. The van der Waals surface area contributed by atoms with Crippen LogP contribution in [-0.4, -0.2) is 11.8 Å². The Kier molecular flexibility index (Phi) is 4.90. The molecule has 3 aromatic rings. The number of benzene rings is 3. The molecule has 1 aliphatic rings. The van der Waals surface area contributed by atoms with Gasteiger partial charge in [0.15, 0.2) is 5.78 Å². The lowest BCUT2D eigenvalue weighted by Gasteiger charge is -2.31. The van der Waals surface area contributed by atoms with Gasteiger partial charge in [0.05, 0.1) is 5.92 Å². The minimum absolute atomic E-state index is 0.111. The van der Waals surface area contributed by atoms with Crippen LogP contribution in [0.3, 0.4) is 0 Å². The molecule has 0 bridgehead atoms. The molecule has 4 rings (SSSR count). The van der Waals surface area contributed by atoms with Crippen LogP contribution < -0.4 is 0 Å². The van der Waals surface area contributed by atoms with E-state index in [1.807, 2.05) is 85.8 Å². The number of ether oxygens (including phenoxy) is 1. The second-order valence-corrected chi connectivity index (χ2v) is 6.90. The first-order chi connectivity index (χ1) is 13.7. The summed E-state index contributed by atoms with van der Waals surface area (Å²) < 4.78 is 5.78. The maximum atomic E-state index is 13.4. The highest BCUT2D eigenvalue weighted by molar-refractivity contribution is 6.14. The van der Waals surface area contributed by atoms with Gasteiger partial charge in [-0.25, -0.2) is 0 Å². The Balaban J connectivity index is 1.88. The number of cyclic esters (lactones) is 1. The average molecular weight is 368 g/mol. The standard InChI is InChI=1S/C25H20O3/c1-17-21(18-11-5-2-6-12-18)25(27)28-24(20-15-9-4-10-16-20)22(17)23(26)19-13-7-3-8-14-19/h2-17,21H,1H3. The average Bonchev–Trinajstić information content (AvgIpc) is 2.75. The van der Waals surface area contributed by atoms with E-state index in [1.54, 1.807) is 12.1 Å². The van der Waals surface area contributed by atoms with Crippen molar-refractivity contribution in [2.24, 2.45) is 5.92 Å². The van der Waals surface area contributed by atoms with Gasteiger partial charge in [0, 0.05) is 22.6 Å². The zero-order valence-electron chi connectivity index (χ0n) is 15.5. The fraction of sp³-hybridized carbons (Fsp3) is 0.120. The van der Waals surface area contributed by atoms with E-state index in [1.165, 1.54) is 0 Å². The molecule has 1 aliphatic heterocycles. The van der Waals surface area contributed by atoms with Crippen molar-refractivity contribution in [3.63, 3.8) is 0 Å². The largest absolute Gasteiger partial charge is 0.425 e. The molecule has 0 radical (unpaired) electrons. The molecule has 0 aromatic heterocycles. The van der Waals surface area contributed by atoms with E-state index in [-0.39, 0.29) is 17.7 Å². The summed E-state index contributed by atoms with van der Waals surface area (Å²) in [7, 11) is 0. The quantitative estimate of drug-likeness (QED) is 0.466. The topological polar surface area (TPSA) is 43.4 Å². The molecule has 3 heteroatoms. The first-order valence-corrected chi connectivity index (χ1v) is 9.33. The molecular weight excluding hydrogens is 348 g/mol. The molecule has 0 amide bonds. The molecule has 0 fully saturated rings. The van der Waals surface area contributed by atoms with Gasteiger partial charge in [0.25, 0.3) is 0 Å². The second-order valence-electron chi connectivity index (χ2n) is 6.90. The van der Waals surface area contributed by atoms with Crippen molar-refractivity contribution in [3.05, 3.63) is 113 Å². The van der Waals surface area contributed by atoms with Crippen LogP contribution in [-0.2, 0) is 9.53 Å². The van der Waals surface area contributed by atoms with E-state index in [4.69, 9.17) is 4.74 Å². The summed E-state index contributed by atoms with van der Waals surface area (Å²) in [6, 6.07) is 28.0. The molecule has 3 aromatic carbocycles. The normalized spacial score (nSPS) is 19.2. The fourth-order valence-corrected chi connectivity index (χ4v) is 3.74. The number of esters is 1. The summed E-state index contributed by atoms with van der Waals surface area (Å²) in [4.78, 5) is 26.4. The fourth-order valence-electron chi connectivity index (χ4n) is 3.74. The van der Waals surface area contributed by atoms with Crippen molar-refractivity contribution in [1.29, 1.82) is 0 Å². The van der Waals surface area contributed by atoms with Gasteiger partial charge in [-0.3, -0.25) is 9.59 Å². The highest BCUT2D eigenvalue weighted by Gasteiger charge is 2.41. The highest BCUT2D eigenvalue weighted by Crippen LogP contribution is 2.42. The van der Waals surface area contributed by atoms with Crippen LogP contribution in [0.4, 0.5) is 0 Å². The lowest BCUT2D eigenvalue weighted by atomic mass is 9.77. The van der Waals surface area contributed by atoms with Gasteiger partial charge < -0.3 is 4.74 Å². The number of allylic oxidation sites excluding steroid dienone is 1. The molecule has 2 unspecified atom stereocenters. The first kappa shape index (κ1) is 17.9. The highest BCUT2D eigenvalue weighted by atomic mass is 16.5. The lowest BCUT2D eigenvalue weighted by molar-refractivity contribution is -0.140. The van der Waals surface area contributed by atoms with Crippen molar-refractivity contribution in [1.82, 2.24) is 0 Å². The predicted octanol–water partition coefficient (Wildman–Crippen LogP) is 5.26. The van der Waals surface area contributed by atoms with Gasteiger partial charge in [0.2, 0.25) is 0 Å². The summed E-state index contributed by atoms with van der Waals surface area (Å²) in [5, 5.41) is 0. The van der Waals surface area contributed by atoms with Crippen LogP contribution in [0, 0.1) is 5.92 Å². The van der Waals surface area contributed by atoms with Crippen LogP contribution in [0.5, 0.6) is 0 Å². The van der Waals surface area contributed by atoms with Crippen molar-refractivity contribution in [3.8, 4) is 0 Å². The van der Waals surface area contributed by atoms with E-state index < -0.39 is 5.92 Å². The van der Waals surface area contributed by atoms with Gasteiger partial charge in [-0.05, 0) is 5.56 Å². The molecule has 1 heterocycles. The number of carbonyl (C=O) groups excluding carboxylic acids is 2. The van der Waals surface area contributed by atoms with Crippen molar-refractivity contribution in [2.45, 2.75) is 12.8 Å². The van der Waals surface area contributed by atoms with Crippen molar-refractivity contribution in [2.75, 3.05) is 0 Å². The van der Waals surface area contributed by atoms with E-state index in [9.17, 15) is 9.59 Å². The molecule has 0 N–H and O–H groups in total. The Morgan fingerprint density at radius 2 is 1.32 bits per heavy atom. The molecular formula is C25H20O3. The third-order valence-corrected chi connectivity index (χ3v) is 5.13. The molecule has 0 saturated carbocycles. The number of Topliss-reactive ketones (excluding diaryl/α,β-unsaturated/α-hetero) is 1. The van der Waals surface area contributed by atoms with E-state index in [2.05, 4.69) is 0 Å². The van der Waals surface area contributed by atoms with Crippen LogP contribution in [0.2, 0.25) is 0 Å². The molecule has 0 saturated heterocycles. The van der Waals surface area contributed by atoms with E-state index >= 15 is 0 Å². The Bertz CT molecular complexity index is 1020. The van der Waals surface area contributed by atoms with Gasteiger partial charge in [-0.15, -0.1) is 0 Å². The maximum Gasteiger partial charge on any atom is 0.319 e. The summed E-state index contributed by atoms with van der Waals surface area (Å²) in [6.45, 7) is 1.93. The molecule has 3 nitrogen and oxygen atoms in total. The minimum Gasteiger partial charge on any atom is -0.425 e. The summed E-state index contributed by atoms with van der Waals surface area (Å²) in [5.74, 6) is -0.912. The Hall–Kier alpha value is -3.46. The third-order valence-electron chi connectivity index (χ3n) is 5.13. The van der Waals surface area contributed by atoms with E-state index in [0.717, 1.165) is 11.1 Å². The Morgan fingerprint density at radius 3 is 1.93 bits per heavy atom. The maximum absolute atomic E-state index is 13.4. The number of hydrogen-bond donors (Lipinski definition) is 0. The first-order valence-electron chi connectivity index (χ1n) is 9.33. The van der Waals surface area contributed by atoms with Crippen LogP contribution in [0.15, 0.2) is 96.6 Å². The van der Waals surface area contributed by atoms with Gasteiger partial charge in [-0.1, -0.05) is 97.9 Å². The molecule has 28 heavy (non-hydrogen) atoms. The zero-order chi connectivity index (χ0) is 19.5. The smallest absolute Gasteiger partial charge is 0.319 e. The van der Waals surface area contributed by atoms with Gasteiger partial charge in [-0.2, -0.15) is 0 Å². The van der Waals surface area contributed by atoms with Gasteiger partial charge >= 0.3 is 5.97 Å².